The zero-order valence-corrected chi connectivity index (χ0v) is 13.1. The van der Waals surface area contributed by atoms with Crippen LogP contribution in [0.3, 0.4) is 0 Å². The molecule has 0 saturated carbocycles. The fourth-order valence-electron chi connectivity index (χ4n) is 1.87. The summed E-state index contributed by atoms with van der Waals surface area (Å²) in [6, 6.07) is 14.5. The molecule has 0 unspecified atom stereocenters. The Labute approximate surface area is 134 Å². The van der Waals surface area contributed by atoms with E-state index in [-0.39, 0.29) is 11.7 Å². The number of rotatable bonds is 2. The minimum absolute atomic E-state index is 0.266. The smallest absolute Gasteiger partial charge is 0.291 e. The van der Waals surface area contributed by atoms with Crippen LogP contribution in [0.15, 0.2) is 52.9 Å². The van der Waals surface area contributed by atoms with Gasteiger partial charge in [-0.2, -0.15) is 0 Å². The number of anilines is 1. The summed E-state index contributed by atoms with van der Waals surface area (Å²) in [7, 11) is 0. The van der Waals surface area contributed by atoms with Crippen LogP contribution in [0, 0.1) is 3.57 Å². The van der Waals surface area contributed by atoms with Crippen molar-refractivity contribution >= 4 is 56.8 Å². The SMILES string of the molecule is O=C(Nc1ccccc1I)c1cc2cc(Cl)ccc2o1. The topological polar surface area (TPSA) is 42.2 Å². The van der Waals surface area contributed by atoms with Gasteiger partial charge in [-0.1, -0.05) is 23.7 Å². The van der Waals surface area contributed by atoms with Crippen molar-refractivity contribution in [3.63, 3.8) is 0 Å². The molecule has 0 fully saturated rings. The van der Waals surface area contributed by atoms with Crippen LogP contribution in [0.25, 0.3) is 11.0 Å². The van der Waals surface area contributed by atoms with Crippen LogP contribution >= 0.6 is 34.2 Å². The minimum atomic E-state index is -0.276. The molecule has 1 N–H and O–H groups in total. The highest BCUT2D eigenvalue weighted by molar-refractivity contribution is 14.1. The van der Waals surface area contributed by atoms with Crippen LogP contribution in [-0.4, -0.2) is 5.91 Å². The van der Waals surface area contributed by atoms with Crippen LogP contribution in [0.5, 0.6) is 0 Å². The predicted octanol–water partition coefficient (Wildman–Crippen LogP) is 4.94. The average molecular weight is 398 g/mol. The van der Waals surface area contributed by atoms with E-state index in [1.807, 2.05) is 24.3 Å². The first-order valence-electron chi connectivity index (χ1n) is 5.88. The van der Waals surface area contributed by atoms with Crippen molar-refractivity contribution in [1.82, 2.24) is 0 Å². The molecule has 0 aliphatic heterocycles. The summed E-state index contributed by atoms with van der Waals surface area (Å²) in [5.74, 6) is -0.0108. The third-order valence-electron chi connectivity index (χ3n) is 2.82. The fraction of sp³-hybridized carbons (Fsp3) is 0. The highest BCUT2D eigenvalue weighted by Crippen LogP contribution is 2.24. The molecule has 3 nitrogen and oxygen atoms in total. The van der Waals surface area contributed by atoms with Gasteiger partial charge >= 0.3 is 0 Å². The number of fused-ring (bicyclic) bond motifs is 1. The van der Waals surface area contributed by atoms with E-state index in [0.29, 0.717) is 10.6 Å². The average Bonchev–Trinajstić information content (AvgIpc) is 2.84. The van der Waals surface area contributed by atoms with E-state index in [4.69, 9.17) is 16.0 Å². The summed E-state index contributed by atoms with van der Waals surface area (Å²) in [5.41, 5.74) is 1.40. The number of nitrogens with one attached hydrogen (secondary N) is 1. The lowest BCUT2D eigenvalue weighted by Crippen LogP contribution is -2.11. The molecule has 0 spiro atoms. The molecular weight excluding hydrogens is 389 g/mol. The second kappa shape index (κ2) is 5.46. The van der Waals surface area contributed by atoms with E-state index in [1.165, 1.54) is 0 Å². The second-order valence-corrected chi connectivity index (χ2v) is 5.83. The first-order chi connectivity index (χ1) is 9.63. The lowest BCUT2D eigenvalue weighted by Gasteiger charge is -2.04. The van der Waals surface area contributed by atoms with Gasteiger partial charge in [0.25, 0.3) is 5.91 Å². The third-order valence-corrected chi connectivity index (χ3v) is 4.00. The lowest BCUT2D eigenvalue weighted by atomic mass is 10.2. The normalized spacial score (nSPS) is 10.7. The number of hydrogen-bond donors (Lipinski definition) is 1. The molecule has 0 bridgehead atoms. The van der Waals surface area contributed by atoms with Gasteiger partial charge in [0, 0.05) is 14.0 Å². The van der Waals surface area contributed by atoms with Crippen LogP contribution in [0.4, 0.5) is 5.69 Å². The molecule has 3 rings (SSSR count). The summed E-state index contributed by atoms with van der Waals surface area (Å²) in [4.78, 5) is 12.2. The van der Waals surface area contributed by atoms with Gasteiger partial charge in [-0.15, -0.1) is 0 Å². The number of carbonyl (C=O) groups is 1. The van der Waals surface area contributed by atoms with Crippen LogP contribution in [0.2, 0.25) is 5.02 Å². The summed E-state index contributed by atoms with van der Waals surface area (Å²) >= 11 is 8.08. The summed E-state index contributed by atoms with van der Waals surface area (Å²) in [5, 5.41) is 4.25. The van der Waals surface area contributed by atoms with Crippen LogP contribution in [0.1, 0.15) is 10.6 Å². The molecule has 3 aromatic rings. The van der Waals surface area contributed by atoms with Gasteiger partial charge in [0.1, 0.15) is 5.58 Å². The number of halogens is 2. The van der Waals surface area contributed by atoms with Gasteiger partial charge in [0.2, 0.25) is 0 Å². The molecule has 1 heterocycles. The Kier molecular flexibility index (Phi) is 3.67. The summed E-state index contributed by atoms with van der Waals surface area (Å²) < 4.78 is 6.49. The first-order valence-corrected chi connectivity index (χ1v) is 7.34. The van der Waals surface area contributed by atoms with E-state index in [2.05, 4.69) is 27.9 Å². The molecule has 0 radical (unpaired) electrons. The number of benzene rings is 2. The maximum absolute atomic E-state index is 12.2. The van der Waals surface area contributed by atoms with E-state index in [0.717, 1.165) is 14.6 Å². The number of hydrogen-bond acceptors (Lipinski definition) is 2. The molecule has 1 aromatic heterocycles. The molecule has 5 heteroatoms. The molecular formula is C15H9ClINO2. The number of para-hydroxylation sites is 1. The van der Waals surface area contributed by atoms with Crippen LogP contribution < -0.4 is 5.32 Å². The molecule has 20 heavy (non-hydrogen) atoms. The second-order valence-electron chi connectivity index (χ2n) is 4.23. The summed E-state index contributed by atoms with van der Waals surface area (Å²) in [6.07, 6.45) is 0. The van der Waals surface area contributed by atoms with Gasteiger partial charge in [-0.25, -0.2) is 0 Å². The van der Waals surface area contributed by atoms with Crippen molar-refractivity contribution in [3.05, 3.63) is 62.9 Å². The highest BCUT2D eigenvalue weighted by atomic mass is 127. The van der Waals surface area contributed by atoms with Gasteiger partial charge in [-0.05, 0) is 59.0 Å². The van der Waals surface area contributed by atoms with Gasteiger partial charge < -0.3 is 9.73 Å². The van der Waals surface area contributed by atoms with E-state index < -0.39 is 0 Å². The lowest BCUT2D eigenvalue weighted by molar-refractivity contribution is 0.0998. The number of furan rings is 1. The molecule has 2 aromatic carbocycles. The Balaban J connectivity index is 1.91. The quantitative estimate of drug-likeness (QED) is 0.622. The summed E-state index contributed by atoms with van der Waals surface area (Å²) in [6.45, 7) is 0. The predicted molar refractivity (Wildman–Crippen MR) is 88.3 cm³/mol. The van der Waals surface area contributed by atoms with Crippen molar-refractivity contribution in [1.29, 1.82) is 0 Å². The third kappa shape index (κ3) is 2.66. The Morgan fingerprint density at radius 2 is 1.95 bits per heavy atom. The van der Waals surface area contributed by atoms with Crippen molar-refractivity contribution in [2.75, 3.05) is 5.32 Å². The van der Waals surface area contributed by atoms with E-state index in [9.17, 15) is 4.79 Å². The van der Waals surface area contributed by atoms with Gasteiger partial charge in [-0.3, -0.25) is 4.79 Å². The van der Waals surface area contributed by atoms with Crippen LogP contribution in [-0.2, 0) is 0 Å². The maximum atomic E-state index is 12.2. The van der Waals surface area contributed by atoms with Crippen molar-refractivity contribution in [2.45, 2.75) is 0 Å². The standard InChI is InChI=1S/C15H9ClINO2/c16-10-5-6-13-9(7-10)8-14(20-13)15(19)18-12-4-2-1-3-11(12)17/h1-8H,(H,18,19). The number of carbonyl (C=O) groups excluding carboxylic acids is 1. The monoisotopic (exact) mass is 397 g/mol. The number of amides is 1. The molecule has 100 valence electrons. The molecule has 0 atom stereocenters. The van der Waals surface area contributed by atoms with Crippen molar-refractivity contribution in [2.24, 2.45) is 0 Å². The molecule has 0 aliphatic carbocycles. The fourth-order valence-corrected chi connectivity index (χ4v) is 2.58. The zero-order valence-electron chi connectivity index (χ0n) is 10.2. The minimum Gasteiger partial charge on any atom is -0.451 e. The molecule has 0 aliphatic rings. The van der Waals surface area contributed by atoms with E-state index in [1.54, 1.807) is 24.3 Å². The molecule has 1 amide bonds. The highest BCUT2D eigenvalue weighted by Gasteiger charge is 2.13. The Bertz CT molecular complexity index is 797. The Hall–Kier alpha value is -1.53. The van der Waals surface area contributed by atoms with E-state index >= 15 is 0 Å². The van der Waals surface area contributed by atoms with Crippen molar-refractivity contribution < 1.29 is 9.21 Å². The zero-order chi connectivity index (χ0) is 14.1. The van der Waals surface area contributed by atoms with Gasteiger partial charge in [0.15, 0.2) is 5.76 Å². The molecule has 0 saturated heterocycles. The maximum Gasteiger partial charge on any atom is 0.291 e. The van der Waals surface area contributed by atoms with Crippen molar-refractivity contribution in [3.8, 4) is 0 Å². The Morgan fingerprint density at radius 1 is 1.15 bits per heavy atom. The van der Waals surface area contributed by atoms with Gasteiger partial charge in [0.05, 0.1) is 5.69 Å². The largest absolute Gasteiger partial charge is 0.451 e. The first kappa shape index (κ1) is 13.5. The Morgan fingerprint density at radius 3 is 2.75 bits per heavy atom.